The lowest BCUT2D eigenvalue weighted by Gasteiger charge is -2.17. The summed E-state index contributed by atoms with van der Waals surface area (Å²) in [7, 11) is 0. The molecule has 0 saturated heterocycles. The van der Waals surface area contributed by atoms with E-state index in [1.54, 1.807) is 6.92 Å². The van der Waals surface area contributed by atoms with Crippen LogP contribution in [0, 0.1) is 12.8 Å². The molecule has 1 aliphatic carbocycles. The number of nitrogens with one attached hydrogen (secondary N) is 1. The molecule has 0 radical (unpaired) electrons. The number of carbonyl (C=O) groups is 1. The lowest BCUT2D eigenvalue weighted by atomic mass is 10.2. The third-order valence-electron chi connectivity index (χ3n) is 3.50. The first-order valence-corrected chi connectivity index (χ1v) is 7.72. The van der Waals surface area contributed by atoms with Gasteiger partial charge in [0.05, 0.1) is 4.47 Å². The monoisotopic (exact) mass is 340 g/mol. The predicted molar refractivity (Wildman–Crippen MR) is 82.7 cm³/mol. The van der Waals surface area contributed by atoms with Crippen molar-refractivity contribution in [3.63, 3.8) is 0 Å². The fourth-order valence-corrected chi connectivity index (χ4v) is 2.59. The average Bonchev–Trinajstić information content (AvgIpc) is 3.23. The zero-order valence-corrected chi connectivity index (χ0v) is 13.4. The number of halogens is 1. The van der Waals surface area contributed by atoms with E-state index >= 15 is 0 Å². The molecule has 1 amide bonds. The van der Waals surface area contributed by atoms with Gasteiger partial charge in [-0.1, -0.05) is 6.07 Å². The first kappa shape index (κ1) is 15.3. The Labute approximate surface area is 128 Å². The Morgan fingerprint density at radius 3 is 2.85 bits per heavy atom. The topological polar surface area (TPSA) is 64.3 Å². The highest BCUT2D eigenvalue weighted by Gasteiger charge is 2.29. The molecule has 1 fully saturated rings. The number of nitrogens with two attached hydrogens (primary N) is 1. The van der Waals surface area contributed by atoms with Crippen LogP contribution in [0.3, 0.4) is 0 Å². The first-order valence-electron chi connectivity index (χ1n) is 6.93. The highest BCUT2D eigenvalue weighted by atomic mass is 79.9. The number of ether oxygens (including phenoxy) is 1. The summed E-state index contributed by atoms with van der Waals surface area (Å²) in [5, 5.41) is 2.85. The van der Waals surface area contributed by atoms with E-state index in [0.29, 0.717) is 18.2 Å². The Bertz CT molecular complexity index is 489. The largest absolute Gasteiger partial charge is 0.480 e. The van der Waals surface area contributed by atoms with Crippen molar-refractivity contribution in [1.29, 1.82) is 0 Å². The van der Waals surface area contributed by atoms with E-state index in [1.807, 2.05) is 25.1 Å². The summed E-state index contributed by atoms with van der Waals surface area (Å²) in [6, 6.07) is 5.84. The van der Waals surface area contributed by atoms with Gasteiger partial charge in [-0.25, -0.2) is 0 Å². The van der Waals surface area contributed by atoms with Gasteiger partial charge >= 0.3 is 0 Å². The van der Waals surface area contributed by atoms with Crippen molar-refractivity contribution in [2.75, 3.05) is 6.54 Å². The number of carbonyl (C=O) groups excluding carboxylic acids is 1. The van der Waals surface area contributed by atoms with E-state index in [2.05, 4.69) is 21.2 Å². The van der Waals surface area contributed by atoms with Gasteiger partial charge in [0, 0.05) is 12.6 Å². The number of aryl methyl sites for hydroxylation is 1. The van der Waals surface area contributed by atoms with Gasteiger partial charge in [0.15, 0.2) is 6.10 Å². The van der Waals surface area contributed by atoms with Crippen molar-refractivity contribution in [3.8, 4) is 5.75 Å². The summed E-state index contributed by atoms with van der Waals surface area (Å²) in [5.41, 5.74) is 7.09. The molecule has 5 heteroatoms. The lowest BCUT2D eigenvalue weighted by molar-refractivity contribution is -0.127. The molecule has 2 unspecified atom stereocenters. The second-order valence-corrected chi connectivity index (χ2v) is 6.29. The maximum atomic E-state index is 12.0. The molecule has 0 aliphatic heterocycles. The average molecular weight is 341 g/mol. The molecule has 4 nitrogen and oxygen atoms in total. The summed E-state index contributed by atoms with van der Waals surface area (Å²) in [4.78, 5) is 12.0. The molecule has 110 valence electrons. The lowest BCUT2D eigenvalue weighted by Crippen LogP contribution is -2.43. The highest BCUT2D eigenvalue weighted by Crippen LogP contribution is 2.31. The number of amides is 1. The molecule has 20 heavy (non-hydrogen) atoms. The van der Waals surface area contributed by atoms with Gasteiger partial charge < -0.3 is 15.8 Å². The minimum absolute atomic E-state index is 0.0669. The van der Waals surface area contributed by atoms with E-state index in [1.165, 1.54) is 12.8 Å². The minimum Gasteiger partial charge on any atom is -0.480 e. The van der Waals surface area contributed by atoms with Crippen molar-refractivity contribution in [2.24, 2.45) is 11.7 Å². The Morgan fingerprint density at radius 2 is 2.25 bits per heavy atom. The molecule has 2 rings (SSSR count). The Morgan fingerprint density at radius 1 is 1.55 bits per heavy atom. The van der Waals surface area contributed by atoms with Crippen LogP contribution in [-0.4, -0.2) is 24.6 Å². The molecule has 1 aliphatic rings. The summed E-state index contributed by atoms with van der Waals surface area (Å²) in [6.45, 7) is 4.26. The summed E-state index contributed by atoms with van der Waals surface area (Å²) < 4.78 is 6.52. The molecule has 1 saturated carbocycles. The molecule has 0 bridgehead atoms. The smallest absolute Gasteiger partial charge is 0.260 e. The zero-order chi connectivity index (χ0) is 14.7. The van der Waals surface area contributed by atoms with Gasteiger partial charge in [-0.15, -0.1) is 0 Å². The molecular weight excluding hydrogens is 320 g/mol. The van der Waals surface area contributed by atoms with E-state index < -0.39 is 6.10 Å². The van der Waals surface area contributed by atoms with Gasteiger partial charge in [-0.05, 0) is 66.2 Å². The van der Waals surface area contributed by atoms with Crippen LogP contribution in [0.4, 0.5) is 0 Å². The number of hydrogen-bond acceptors (Lipinski definition) is 3. The van der Waals surface area contributed by atoms with Crippen LogP contribution in [0.5, 0.6) is 5.75 Å². The van der Waals surface area contributed by atoms with Crippen molar-refractivity contribution in [3.05, 3.63) is 28.2 Å². The van der Waals surface area contributed by atoms with Crippen LogP contribution in [-0.2, 0) is 4.79 Å². The third-order valence-corrected chi connectivity index (χ3v) is 4.12. The fraction of sp³-hybridized carbons (Fsp3) is 0.533. The number of benzene rings is 1. The Balaban J connectivity index is 1.83. The van der Waals surface area contributed by atoms with Crippen LogP contribution in [0.15, 0.2) is 22.7 Å². The van der Waals surface area contributed by atoms with Gasteiger partial charge in [0.1, 0.15) is 5.75 Å². The second-order valence-electron chi connectivity index (χ2n) is 5.44. The summed E-state index contributed by atoms with van der Waals surface area (Å²) >= 11 is 3.44. The van der Waals surface area contributed by atoms with E-state index in [9.17, 15) is 4.79 Å². The standard InChI is InChI=1S/C15H21BrN2O2/c1-9-3-6-14(12(16)7-9)20-10(2)15(19)18-8-13(17)11-4-5-11/h3,6-7,10-11,13H,4-5,8,17H2,1-2H3,(H,18,19). The van der Waals surface area contributed by atoms with Crippen LogP contribution >= 0.6 is 15.9 Å². The predicted octanol–water partition coefficient (Wildman–Crippen LogP) is 2.38. The molecule has 0 spiro atoms. The van der Waals surface area contributed by atoms with Gasteiger partial charge in [-0.3, -0.25) is 4.79 Å². The van der Waals surface area contributed by atoms with E-state index in [4.69, 9.17) is 10.5 Å². The molecule has 2 atom stereocenters. The third kappa shape index (κ3) is 4.21. The van der Waals surface area contributed by atoms with Crippen molar-refractivity contribution >= 4 is 21.8 Å². The van der Waals surface area contributed by atoms with Gasteiger partial charge in [-0.2, -0.15) is 0 Å². The molecule has 1 aromatic rings. The van der Waals surface area contributed by atoms with E-state index in [0.717, 1.165) is 10.0 Å². The highest BCUT2D eigenvalue weighted by molar-refractivity contribution is 9.10. The van der Waals surface area contributed by atoms with Crippen molar-refractivity contribution in [2.45, 2.75) is 38.8 Å². The zero-order valence-electron chi connectivity index (χ0n) is 11.9. The first-order chi connectivity index (χ1) is 9.47. The van der Waals surface area contributed by atoms with Crippen molar-refractivity contribution in [1.82, 2.24) is 5.32 Å². The molecule has 0 aromatic heterocycles. The summed E-state index contributed by atoms with van der Waals surface area (Å²) in [5.74, 6) is 1.12. The normalized spacial score (nSPS) is 17.4. The van der Waals surface area contributed by atoms with Gasteiger partial charge in [0.2, 0.25) is 0 Å². The SMILES string of the molecule is Cc1ccc(OC(C)C(=O)NCC(N)C2CC2)c(Br)c1. The molecule has 3 N–H and O–H groups in total. The maximum Gasteiger partial charge on any atom is 0.260 e. The minimum atomic E-state index is -0.541. The number of rotatable bonds is 6. The Kier molecular flexibility index (Phi) is 5.05. The Hall–Kier alpha value is -1.07. The van der Waals surface area contributed by atoms with Crippen LogP contribution in [0.1, 0.15) is 25.3 Å². The molecule has 1 aromatic carbocycles. The van der Waals surface area contributed by atoms with Crippen LogP contribution in [0.25, 0.3) is 0 Å². The molecule has 0 heterocycles. The quantitative estimate of drug-likeness (QED) is 0.835. The summed E-state index contributed by atoms with van der Waals surface area (Å²) in [6.07, 6.45) is 1.82. The second kappa shape index (κ2) is 6.59. The van der Waals surface area contributed by atoms with Gasteiger partial charge in [0.25, 0.3) is 5.91 Å². The van der Waals surface area contributed by atoms with Crippen LogP contribution in [0.2, 0.25) is 0 Å². The number of hydrogen-bond donors (Lipinski definition) is 2. The maximum absolute atomic E-state index is 12.0. The fourth-order valence-electron chi connectivity index (χ4n) is 2.00. The molecular formula is C15H21BrN2O2. The van der Waals surface area contributed by atoms with Crippen LogP contribution < -0.4 is 15.8 Å². The van der Waals surface area contributed by atoms with Crippen molar-refractivity contribution < 1.29 is 9.53 Å². The van der Waals surface area contributed by atoms with E-state index in [-0.39, 0.29) is 11.9 Å².